The van der Waals surface area contributed by atoms with E-state index in [0.717, 1.165) is 6.07 Å². The SMILES string of the molecule is CCNc1nc(Nc2c(Cl)cc(F)cc2Br)c(F)cc1F. The lowest BCUT2D eigenvalue weighted by Crippen LogP contribution is -2.07. The number of hydrogen-bond donors (Lipinski definition) is 2. The average Bonchev–Trinajstić information content (AvgIpc) is 2.38. The van der Waals surface area contributed by atoms with E-state index in [9.17, 15) is 13.2 Å². The van der Waals surface area contributed by atoms with Gasteiger partial charge in [0.15, 0.2) is 23.3 Å². The smallest absolute Gasteiger partial charge is 0.169 e. The van der Waals surface area contributed by atoms with Crippen molar-refractivity contribution in [3.05, 3.63) is 45.1 Å². The third-order valence-electron chi connectivity index (χ3n) is 2.52. The van der Waals surface area contributed by atoms with E-state index in [-0.39, 0.29) is 22.3 Å². The third-order valence-corrected chi connectivity index (χ3v) is 3.45. The summed E-state index contributed by atoms with van der Waals surface area (Å²) >= 11 is 9.01. The molecule has 0 saturated carbocycles. The highest BCUT2D eigenvalue weighted by Gasteiger charge is 2.15. The van der Waals surface area contributed by atoms with Crippen molar-refractivity contribution in [3.63, 3.8) is 0 Å². The van der Waals surface area contributed by atoms with E-state index in [1.54, 1.807) is 6.92 Å². The summed E-state index contributed by atoms with van der Waals surface area (Å²) in [5.41, 5.74) is 0.235. The van der Waals surface area contributed by atoms with Gasteiger partial charge in [0.2, 0.25) is 0 Å². The summed E-state index contributed by atoms with van der Waals surface area (Å²) < 4.78 is 40.7. The maximum Gasteiger partial charge on any atom is 0.169 e. The van der Waals surface area contributed by atoms with Crippen molar-refractivity contribution in [1.82, 2.24) is 4.98 Å². The van der Waals surface area contributed by atoms with Gasteiger partial charge in [-0.05, 0) is 35.0 Å². The molecule has 0 aliphatic carbocycles. The molecule has 0 atom stereocenters. The molecule has 8 heteroatoms. The first-order valence-electron chi connectivity index (χ1n) is 5.93. The molecule has 2 aromatic rings. The van der Waals surface area contributed by atoms with Crippen molar-refractivity contribution < 1.29 is 13.2 Å². The van der Waals surface area contributed by atoms with Crippen molar-refractivity contribution in [3.8, 4) is 0 Å². The van der Waals surface area contributed by atoms with Gasteiger partial charge in [0.1, 0.15) is 5.82 Å². The molecular formula is C13H10BrClF3N3. The Morgan fingerprint density at radius 3 is 2.43 bits per heavy atom. The number of anilines is 3. The summed E-state index contributed by atoms with van der Waals surface area (Å²) in [6.07, 6.45) is 0. The van der Waals surface area contributed by atoms with E-state index in [1.807, 2.05) is 0 Å². The van der Waals surface area contributed by atoms with Crippen LogP contribution < -0.4 is 10.6 Å². The van der Waals surface area contributed by atoms with Gasteiger partial charge in [-0.3, -0.25) is 0 Å². The maximum atomic E-state index is 13.8. The first kappa shape index (κ1) is 15.9. The summed E-state index contributed by atoms with van der Waals surface area (Å²) in [4.78, 5) is 3.82. The second-order valence-corrected chi connectivity index (χ2v) is 5.31. The van der Waals surface area contributed by atoms with Gasteiger partial charge in [0.25, 0.3) is 0 Å². The van der Waals surface area contributed by atoms with E-state index < -0.39 is 17.5 Å². The van der Waals surface area contributed by atoms with Crippen LogP contribution in [0.1, 0.15) is 6.92 Å². The standard InChI is InChI=1S/C13H10BrClF3N3/c1-2-19-12-9(17)5-10(18)13(21-12)20-11-7(14)3-6(16)4-8(11)15/h3-5H,2H2,1H3,(H2,19,20,21). The van der Waals surface area contributed by atoms with Gasteiger partial charge >= 0.3 is 0 Å². The highest BCUT2D eigenvalue weighted by atomic mass is 79.9. The van der Waals surface area contributed by atoms with Crippen LogP contribution in [0.25, 0.3) is 0 Å². The van der Waals surface area contributed by atoms with Crippen molar-refractivity contribution in [2.45, 2.75) is 6.92 Å². The number of nitrogens with one attached hydrogen (secondary N) is 2. The minimum Gasteiger partial charge on any atom is -0.368 e. The lowest BCUT2D eigenvalue weighted by molar-refractivity contribution is 0.579. The first-order valence-corrected chi connectivity index (χ1v) is 7.11. The Morgan fingerprint density at radius 2 is 1.81 bits per heavy atom. The van der Waals surface area contributed by atoms with E-state index in [2.05, 4.69) is 31.5 Å². The van der Waals surface area contributed by atoms with E-state index in [1.165, 1.54) is 6.07 Å². The van der Waals surface area contributed by atoms with Crippen LogP contribution in [0.15, 0.2) is 22.7 Å². The predicted molar refractivity (Wildman–Crippen MR) is 80.7 cm³/mol. The van der Waals surface area contributed by atoms with Crippen LogP contribution in [0.2, 0.25) is 5.02 Å². The van der Waals surface area contributed by atoms with Crippen LogP contribution in [0.3, 0.4) is 0 Å². The number of rotatable bonds is 4. The van der Waals surface area contributed by atoms with Crippen LogP contribution >= 0.6 is 27.5 Å². The number of nitrogens with zero attached hydrogens (tertiary/aromatic N) is 1. The van der Waals surface area contributed by atoms with Crippen LogP contribution in [0.5, 0.6) is 0 Å². The van der Waals surface area contributed by atoms with Gasteiger partial charge in [-0.1, -0.05) is 11.6 Å². The molecule has 0 saturated heterocycles. The third kappa shape index (κ3) is 3.59. The van der Waals surface area contributed by atoms with Gasteiger partial charge in [-0.2, -0.15) is 0 Å². The molecule has 0 aliphatic rings. The molecule has 0 spiro atoms. The largest absolute Gasteiger partial charge is 0.368 e. The van der Waals surface area contributed by atoms with Crippen molar-refractivity contribution in [2.24, 2.45) is 0 Å². The van der Waals surface area contributed by atoms with Gasteiger partial charge < -0.3 is 10.6 Å². The Hall–Kier alpha value is -1.47. The summed E-state index contributed by atoms with van der Waals surface area (Å²) in [5, 5.41) is 5.33. The molecule has 1 heterocycles. The number of halogens is 5. The topological polar surface area (TPSA) is 37.0 Å². The van der Waals surface area contributed by atoms with Crippen LogP contribution in [0, 0.1) is 17.5 Å². The highest BCUT2D eigenvalue weighted by molar-refractivity contribution is 9.10. The fraction of sp³-hybridized carbons (Fsp3) is 0.154. The zero-order valence-electron chi connectivity index (χ0n) is 10.8. The van der Waals surface area contributed by atoms with Crippen LogP contribution in [0.4, 0.5) is 30.5 Å². The monoisotopic (exact) mass is 379 g/mol. The van der Waals surface area contributed by atoms with Gasteiger partial charge in [-0.25, -0.2) is 18.2 Å². The molecule has 0 fully saturated rings. The summed E-state index contributed by atoms with van der Waals surface area (Å²) in [7, 11) is 0. The number of aromatic nitrogens is 1. The van der Waals surface area contributed by atoms with Crippen LogP contribution in [-0.4, -0.2) is 11.5 Å². The lowest BCUT2D eigenvalue weighted by Gasteiger charge is -2.13. The molecular weight excluding hydrogens is 371 g/mol. The molecule has 3 nitrogen and oxygen atoms in total. The molecule has 2 rings (SSSR count). The molecule has 21 heavy (non-hydrogen) atoms. The second-order valence-electron chi connectivity index (χ2n) is 4.05. The zero-order valence-corrected chi connectivity index (χ0v) is 13.1. The number of benzene rings is 1. The summed E-state index contributed by atoms with van der Waals surface area (Å²) in [5.74, 6) is -2.54. The lowest BCUT2D eigenvalue weighted by atomic mass is 10.3. The average molecular weight is 381 g/mol. The minimum atomic E-state index is -0.888. The Labute approximate surface area is 132 Å². The van der Waals surface area contributed by atoms with Gasteiger partial charge in [0, 0.05) is 17.1 Å². The first-order chi connectivity index (χ1) is 9.92. The summed E-state index contributed by atoms with van der Waals surface area (Å²) in [6, 6.07) is 2.95. The number of pyridine rings is 1. The molecule has 0 aliphatic heterocycles. The molecule has 0 radical (unpaired) electrons. The Bertz CT molecular complexity index is 659. The molecule has 112 valence electrons. The molecule has 0 unspecified atom stereocenters. The van der Waals surface area contributed by atoms with Crippen LogP contribution in [-0.2, 0) is 0 Å². The Morgan fingerprint density at radius 1 is 1.14 bits per heavy atom. The molecule has 0 bridgehead atoms. The van der Waals surface area contributed by atoms with E-state index in [0.29, 0.717) is 17.1 Å². The second kappa shape index (κ2) is 6.53. The zero-order chi connectivity index (χ0) is 15.6. The normalized spacial score (nSPS) is 10.6. The maximum absolute atomic E-state index is 13.8. The van der Waals surface area contributed by atoms with E-state index >= 15 is 0 Å². The van der Waals surface area contributed by atoms with Gasteiger partial charge in [-0.15, -0.1) is 0 Å². The van der Waals surface area contributed by atoms with Crippen molar-refractivity contribution in [2.75, 3.05) is 17.2 Å². The Balaban J connectivity index is 2.42. The molecule has 1 aromatic heterocycles. The van der Waals surface area contributed by atoms with Crippen molar-refractivity contribution >= 4 is 44.9 Å². The van der Waals surface area contributed by atoms with E-state index in [4.69, 9.17) is 11.6 Å². The summed E-state index contributed by atoms with van der Waals surface area (Å²) in [6.45, 7) is 2.18. The van der Waals surface area contributed by atoms with Crippen molar-refractivity contribution in [1.29, 1.82) is 0 Å². The Kier molecular flexibility index (Phi) is 4.95. The highest BCUT2D eigenvalue weighted by Crippen LogP contribution is 2.34. The predicted octanol–water partition coefficient (Wildman–Crippen LogP) is 5.09. The minimum absolute atomic E-state index is 0.0393. The van der Waals surface area contributed by atoms with Gasteiger partial charge in [0.05, 0.1) is 10.7 Å². The molecule has 1 aromatic carbocycles. The fourth-order valence-electron chi connectivity index (χ4n) is 1.63. The quantitative estimate of drug-likeness (QED) is 0.776. The molecule has 0 amide bonds. The number of hydrogen-bond acceptors (Lipinski definition) is 3. The molecule has 2 N–H and O–H groups in total. The fourth-order valence-corrected chi connectivity index (χ4v) is 2.52.